The molecule has 0 bridgehead atoms. The number of aromatic amines is 1. The van der Waals surface area contributed by atoms with E-state index in [1.54, 1.807) is 0 Å². The van der Waals surface area contributed by atoms with E-state index < -0.39 is 16.6 Å². The fourth-order valence-electron chi connectivity index (χ4n) is 2.52. The molecule has 1 heterocycles. The molecule has 0 aliphatic carbocycles. The highest BCUT2D eigenvalue weighted by Crippen LogP contribution is 2.22. The summed E-state index contributed by atoms with van der Waals surface area (Å²) in [5.74, 6) is -1.11. The van der Waals surface area contributed by atoms with Gasteiger partial charge in [0, 0.05) is 35.7 Å². The maximum atomic E-state index is 13.7. The molecule has 0 aliphatic heterocycles. The number of carbonyl (C=O) groups is 1. The fraction of sp³-hybridized carbons (Fsp3) is 0.118. The molecule has 3 rings (SSSR count). The normalized spacial score (nSPS) is 10.7. The van der Waals surface area contributed by atoms with E-state index in [1.165, 1.54) is 0 Å². The highest BCUT2D eigenvalue weighted by molar-refractivity contribution is 5.92. The molecule has 6 nitrogen and oxygen atoms in total. The molecule has 0 atom stereocenters. The average molecular weight is 327 g/mol. The van der Waals surface area contributed by atoms with E-state index in [0.717, 1.165) is 34.7 Å². The maximum Gasteiger partial charge on any atom is 0.271 e. The van der Waals surface area contributed by atoms with Gasteiger partial charge in [-0.2, -0.15) is 0 Å². The third-order valence-corrected chi connectivity index (χ3v) is 3.73. The second-order valence-corrected chi connectivity index (χ2v) is 5.33. The topological polar surface area (TPSA) is 88.0 Å². The number of H-pyrrole nitrogens is 1. The second-order valence-electron chi connectivity index (χ2n) is 5.33. The zero-order valence-electron chi connectivity index (χ0n) is 12.6. The highest BCUT2D eigenvalue weighted by atomic mass is 19.1. The van der Waals surface area contributed by atoms with Crippen molar-refractivity contribution in [2.75, 3.05) is 5.32 Å². The molecule has 0 unspecified atom stereocenters. The number of halogens is 1. The van der Waals surface area contributed by atoms with Gasteiger partial charge in [-0.05, 0) is 24.1 Å². The molecule has 2 aromatic carbocycles. The van der Waals surface area contributed by atoms with Crippen LogP contribution < -0.4 is 5.32 Å². The van der Waals surface area contributed by atoms with E-state index in [1.807, 2.05) is 30.5 Å². The minimum Gasteiger partial charge on any atom is -0.361 e. The predicted octanol–water partition coefficient (Wildman–Crippen LogP) is 3.79. The van der Waals surface area contributed by atoms with E-state index >= 15 is 0 Å². The lowest BCUT2D eigenvalue weighted by Gasteiger charge is -2.06. The number of fused-ring (bicyclic) bond motifs is 1. The number of rotatable bonds is 5. The van der Waals surface area contributed by atoms with E-state index in [0.29, 0.717) is 6.42 Å². The number of benzene rings is 2. The first-order valence-corrected chi connectivity index (χ1v) is 7.33. The van der Waals surface area contributed by atoms with Gasteiger partial charge in [0.1, 0.15) is 5.82 Å². The second kappa shape index (κ2) is 6.49. The molecule has 7 heteroatoms. The molecule has 0 saturated carbocycles. The Morgan fingerprint density at radius 3 is 2.83 bits per heavy atom. The number of para-hydroxylation sites is 1. The van der Waals surface area contributed by atoms with Crippen LogP contribution in [-0.4, -0.2) is 15.8 Å². The molecule has 0 fully saturated rings. The first kappa shape index (κ1) is 15.7. The number of nitro groups is 1. The summed E-state index contributed by atoms with van der Waals surface area (Å²) in [6, 6.07) is 10.8. The van der Waals surface area contributed by atoms with Gasteiger partial charge in [-0.25, -0.2) is 4.39 Å². The van der Waals surface area contributed by atoms with Gasteiger partial charge in [0.2, 0.25) is 5.91 Å². The van der Waals surface area contributed by atoms with Crippen LogP contribution in [0, 0.1) is 15.9 Å². The molecule has 1 aromatic heterocycles. The van der Waals surface area contributed by atoms with Crippen LogP contribution in [-0.2, 0) is 11.2 Å². The van der Waals surface area contributed by atoms with Crippen molar-refractivity contribution in [3.8, 4) is 0 Å². The summed E-state index contributed by atoms with van der Waals surface area (Å²) in [6.07, 6.45) is 2.46. The van der Waals surface area contributed by atoms with E-state index in [4.69, 9.17) is 0 Å². The van der Waals surface area contributed by atoms with E-state index in [9.17, 15) is 19.3 Å². The molecule has 3 aromatic rings. The van der Waals surface area contributed by atoms with Gasteiger partial charge < -0.3 is 10.3 Å². The Bertz CT molecular complexity index is 920. The number of aryl methyl sites for hydroxylation is 1. The predicted molar refractivity (Wildman–Crippen MR) is 88.3 cm³/mol. The molecular weight excluding hydrogens is 313 g/mol. The number of anilines is 1. The minimum atomic E-state index is -0.707. The van der Waals surface area contributed by atoms with Crippen LogP contribution in [0.4, 0.5) is 15.8 Å². The van der Waals surface area contributed by atoms with Crippen molar-refractivity contribution in [2.24, 2.45) is 0 Å². The van der Waals surface area contributed by atoms with Crippen LogP contribution in [0.5, 0.6) is 0 Å². The highest BCUT2D eigenvalue weighted by Gasteiger charge is 2.13. The number of nitrogens with zero attached hydrogens (tertiary/aromatic N) is 1. The van der Waals surface area contributed by atoms with Crippen molar-refractivity contribution in [3.05, 3.63) is 70.2 Å². The monoisotopic (exact) mass is 327 g/mol. The summed E-state index contributed by atoms with van der Waals surface area (Å²) in [6.45, 7) is 0. The smallest absolute Gasteiger partial charge is 0.271 e. The number of nitrogens with one attached hydrogen (secondary N) is 2. The summed E-state index contributed by atoms with van der Waals surface area (Å²) < 4.78 is 13.7. The fourth-order valence-corrected chi connectivity index (χ4v) is 2.52. The third kappa shape index (κ3) is 3.24. The Balaban J connectivity index is 1.68. The zero-order valence-corrected chi connectivity index (χ0v) is 12.6. The van der Waals surface area contributed by atoms with E-state index in [2.05, 4.69) is 10.3 Å². The number of non-ortho nitro benzene ring substituents is 1. The minimum absolute atomic E-state index is 0.143. The Hall–Kier alpha value is -3.22. The number of nitro benzene ring substituents is 1. The first-order valence-electron chi connectivity index (χ1n) is 7.33. The summed E-state index contributed by atoms with van der Waals surface area (Å²) in [5, 5.41) is 14.1. The molecule has 0 saturated heterocycles. The van der Waals surface area contributed by atoms with Crippen LogP contribution in [0.2, 0.25) is 0 Å². The Morgan fingerprint density at radius 1 is 1.25 bits per heavy atom. The van der Waals surface area contributed by atoms with Crippen molar-refractivity contribution < 1.29 is 14.1 Å². The molecule has 2 N–H and O–H groups in total. The summed E-state index contributed by atoms with van der Waals surface area (Å²) in [5.41, 5.74) is 1.51. The standard InChI is InChI=1S/C17H14FN3O3/c18-14-7-6-12(21(23)24)9-16(14)20-17(22)8-5-11-10-19-15-4-2-1-3-13(11)15/h1-4,6-7,9-10,19H,5,8H2,(H,20,22). The summed E-state index contributed by atoms with van der Waals surface area (Å²) in [7, 11) is 0. The van der Waals surface area contributed by atoms with Crippen LogP contribution >= 0.6 is 0 Å². The largest absolute Gasteiger partial charge is 0.361 e. The number of hydrogen-bond donors (Lipinski definition) is 2. The average Bonchev–Trinajstić information content (AvgIpc) is 2.98. The Morgan fingerprint density at radius 2 is 2.04 bits per heavy atom. The van der Waals surface area contributed by atoms with E-state index in [-0.39, 0.29) is 17.8 Å². The third-order valence-electron chi connectivity index (χ3n) is 3.73. The van der Waals surface area contributed by atoms with Crippen molar-refractivity contribution in [2.45, 2.75) is 12.8 Å². The van der Waals surface area contributed by atoms with Gasteiger partial charge in [0.05, 0.1) is 10.6 Å². The van der Waals surface area contributed by atoms with Gasteiger partial charge in [0.25, 0.3) is 5.69 Å². The first-order chi connectivity index (χ1) is 11.5. The molecule has 122 valence electrons. The number of carbonyl (C=O) groups excluding carboxylic acids is 1. The van der Waals surface area contributed by atoms with Crippen LogP contribution in [0.3, 0.4) is 0 Å². The van der Waals surface area contributed by atoms with Crippen LogP contribution in [0.25, 0.3) is 10.9 Å². The number of hydrogen-bond acceptors (Lipinski definition) is 3. The van der Waals surface area contributed by atoms with Crippen molar-refractivity contribution in [1.29, 1.82) is 0 Å². The quantitative estimate of drug-likeness (QED) is 0.552. The number of amides is 1. The van der Waals surface area contributed by atoms with Crippen molar-refractivity contribution in [1.82, 2.24) is 4.98 Å². The Labute approximate surface area is 136 Å². The van der Waals surface area contributed by atoms with Gasteiger partial charge in [-0.1, -0.05) is 18.2 Å². The lowest BCUT2D eigenvalue weighted by atomic mass is 10.1. The molecule has 24 heavy (non-hydrogen) atoms. The summed E-state index contributed by atoms with van der Waals surface area (Å²) in [4.78, 5) is 25.2. The van der Waals surface area contributed by atoms with Gasteiger partial charge in [-0.3, -0.25) is 14.9 Å². The van der Waals surface area contributed by atoms with Gasteiger partial charge >= 0.3 is 0 Å². The molecule has 1 amide bonds. The molecule has 0 radical (unpaired) electrons. The molecule has 0 aliphatic rings. The zero-order chi connectivity index (χ0) is 17.1. The van der Waals surface area contributed by atoms with Crippen molar-refractivity contribution in [3.63, 3.8) is 0 Å². The SMILES string of the molecule is O=C(CCc1c[nH]c2ccccc12)Nc1cc([N+](=O)[O-])ccc1F. The maximum absolute atomic E-state index is 13.7. The van der Waals surface area contributed by atoms with Crippen LogP contribution in [0.15, 0.2) is 48.7 Å². The molecular formula is C17H14FN3O3. The lowest BCUT2D eigenvalue weighted by molar-refractivity contribution is -0.384. The van der Waals surface area contributed by atoms with Crippen LogP contribution in [0.1, 0.15) is 12.0 Å². The lowest BCUT2D eigenvalue weighted by Crippen LogP contribution is -2.13. The number of aromatic nitrogens is 1. The van der Waals surface area contributed by atoms with Gasteiger partial charge in [-0.15, -0.1) is 0 Å². The Kier molecular flexibility index (Phi) is 4.24. The van der Waals surface area contributed by atoms with Crippen molar-refractivity contribution >= 4 is 28.2 Å². The van der Waals surface area contributed by atoms with Gasteiger partial charge in [0.15, 0.2) is 0 Å². The summed E-state index contributed by atoms with van der Waals surface area (Å²) >= 11 is 0. The molecule has 0 spiro atoms.